The molecule has 80 valence electrons. The maximum atomic E-state index is 11.4. The number of rotatable bonds is 5. The minimum absolute atomic E-state index is 0.0409. The smallest absolute Gasteiger partial charge is 0.389 e. The zero-order chi connectivity index (χ0) is 11.1. The standard InChI is InChI=1S/C8H10F2O4/c1-5(2)4-13-6(11)3-7(12)14-8(9)10/h8H,1,3-4H2,2H3. The summed E-state index contributed by atoms with van der Waals surface area (Å²) in [5.41, 5.74) is 0.584. The molecular formula is C8H10F2O4. The van der Waals surface area contributed by atoms with E-state index in [0.29, 0.717) is 5.57 Å². The third-order valence-corrected chi connectivity index (χ3v) is 0.989. The van der Waals surface area contributed by atoms with Crippen molar-refractivity contribution < 1.29 is 27.8 Å². The van der Waals surface area contributed by atoms with Gasteiger partial charge in [-0.1, -0.05) is 6.58 Å². The molecule has 0 amide bonds. The predicted octanol–water partition coefficient (Wildman–Crippen LogP) is 1.26. The predicted molar refractivity (Wildman–Crippen MR) is 42.5 cm³/mol. The number of esters is 2. The number of carbonyl (C=O) groups excluding carboxylic acids is 2. The van der Waals surface area contributed by atoms with Gasteiger partial charge >= 0.3 is 18.6 Å². The normalized spacial score (nSPS) is 9.71. The maximum Gasteiger partial charge on any atom is 0.389 e. The van der Waals surface area contributed by atoms with Crippen LogP contribution in [0.25, 0.3) is 0 Å². The van der Waals surface area contributed by atoms with Gasteiger partial charge in [0, 0.05) is 0 Å². The fourth-order valence-electron chi connectivity index (χ4n) is 0.514. The molecule has 0 spiro atoms. The Hall–Kier alpha value is -1.46. The number of alkyl halides is 2. The Labute approximate surface area is 79.5 Å². The minimum atomic E-state index is -3.21. The lowest BCUT2D eigenvalue weighted by Crippen LogP contribution is -2.16. The molecule has 0 unspecified atom stereocenters. The third kappa shape index (κ3) is 7.20. The molecule has 0 bridgehead atoms. The minimum Gasteiger partial charge on any atom is -0.461 e. The van der Waals surface area contributed by atoms with Crippen LogP contribution in [-0.2, 0) is 19.1 Å². The number of carbonyl (C=O) groups is 2. The summed E-state index contributed by atoms with van der Waals surface area (Å²) in [5, 5.41) is 0. The summed E-state index contributed by atoms with van der Waals surface area (Å²) >= 11 is 0. The van der Waals surface area contributed by atoms with Crippen molar-refractivity contribution in [3.8, 4) is 0 Å². The van der Waals surface area contributed by atoms with Gasteiger partial charge in [-0.3, -0.25) is 9.59 Å². The monoisotopic (exact) mass is 208 g/mol. The van der Waals surface area contributed by atoms with E-state index >= 15 is 0 Å². The molecular weight excluding hydrogens is 198 g/mol. The summed E-state index contributed by atoms with van der Waals surface area (Å²) in [4.78, 5) is 21.2. The summed E-state index contributed by atoms with van der Waals surface area (Å²) < 4.78 is 30.8. The maximum absolute atomic E-state index is 11.4. The lowest BCUT2D eigenvalue weighted by molar-refractivity contribution is -0.178. The fraction of sp³-hybridized carbons (Fsp3) is 0.500. The number of ether oxygens (including phenoxy) is 2. The Kier molecular flexibility index (Phi) is 5.43. The highest BCUT2D eigenvalue weighted by atomic mass is 19.3. The molecule has 0 aromatic carbocycles. The van der Waals surface area contributed by atoms with Gasteiger partial charge in [0.15, 0.2) is 0 Å². The summed E-state index contributed by atoms with van der Waals surface area (Å²) in [5.74, 6) is -2.23. The number of halogens is 2. The van der Waals surface area contributed by atoms with Crippen LogP contribution in [0.4, 0.5) is 8.78 Å². The quantitative estimate of drug-likeness (QED) is 0.387. The first-order valence-corrected chi connectivity index (χ1v) is 3.69. The van der Waals surface area contributed by atoms with Crippen LogP contribution in [0.2, 0.25) is 0 Å². The van der Waals surface area contributed by atoms with Gasteiger partial charge in [-0.15, -0.1) is 0 Å². The molecule has 0 fully saturated rings. The van der Waals surface area contributed by atoms with E-state index in [1.54, 1.807) is 6.92 Å². The molecule has 6 heteroatoms. The summed E-state index contributed by atoms with van der Waals surface area (Å²) in [6.07, 6.45) is -0.822. The van der Waals surface area contributed by atoms with Gasteiger partial charge in [0.1, 0.15) is 13.0 Å². The number of hydrogen-bond acceptors (Lipinski definition) is 4. The molecule has 14 heavy (non-hydrogen) atoms. The van der Waals surface area contributed by atoms with E-state index in [4.69, 9.17) is 0 Å². The first kappa shape index (κ1) is 12.5. The van der Waals surface area contributed by atoms with Crippen LogP contribution in [0.1, 0.15) is 13.3 Å². The number of hydrogen-bond donors (Lipinski definition) is 0. The lowest BCUT2D eigenvalue weighted by Gasteiger charge is -2.04. The Bertz CT molecular complexity index is 237. The summed E-state index contributed by atoms with van der Waals surface area (Å²) in [7, 11) is 0. The average molecular weight is 208 g/mol. The Morgan fingerprint density at radius 1 is 1.36 bits per heavy atom. The second kappa shape index (κ2) is 6.06. The van der Waals surface area contributed by atoms with Crippen molar-refractivity contribution in [3.05, 3.63) is 12.2 Å². The highest BCUT2D eigenvalue weighted by Crippen LogP contribution is 1.99. The molecule has 0 aliphatic heterocycles. The van der Waals surface area contributed by atoms with E-state index in [2.05, 4.69) is 16.1 Å². The van der Waals surface area contributed by atoms with Crippen LogP contribution in [-0.4, -0.2) is 25.2 Å². The highest BCUT2D eigenvalue weighted by Gasteiger charge is 2.15. The Balaban J connectivity index is 3.72. The largest absolute Gasteiger partial charge is 0.461 e. The molecule has 0 aliphatic carbocycles. The molecule has 0 saturated heterocycles. The highest BCUT2D eigenvalue weighted by molar-refractivity contribution is 5.91. The second-order valence-corrected chi connectivity index (χ2v) is 2.55. The van der Waals surface area contributed by atoms with Gasteiger partial charge in [-0.25, -0.2) is 0 Å². The van der Waals surface area contributed by atoms with Gasteiger partial charge in [0.2, 0.25) is 0 Å². The van der Waals surface area contributed by atoms with E-state index in [1.165, 1.54) is 0 Å². The molecule has 0 atom stereocenters. The molecule has 0 N–H and O–H groups in total. The Morgan fingerprint density at radius 2 is 1.93 bits per heavy atom. The average Bonchev–Trinajstić information content (AvgIpc) is 1.98. The molecule has 0 aromatic heterocycles. The van der Waals surface area contributed by atoms with Gasteiger partial charge in [-0.2, -0.15) is 8.78 Å². The van der Waals surface area contributed by atoms with Crippen molar-refractivity contribution in [1.82, 2.24) is 0 Å². The van der Waals surface area contributed by atoms with Crippen molar-refractivity contribution in [2.24, 2.45) is 0 Å². The molecule has 0 aromatic rings. The molecule has 0 radical (unpaired) electrons. The first-order chi connectivity index (χ1) is 6.41. The van der Waals surface area contributed by atoms with Crippen molar-refractivity contribution in [1.29, 1.82) is 0 Å². The zero-order valence-electron chi connectivity index (χ0n) is 7.59. The summed E-state index contributed by atoms with van der Waals surface area (Å²) in [6.45, 7) is 1.80. The topological polar surface area (TPSA) is 52.6 Å². The van der Waals surface area contributed by atoms with Crippen LogP contribution in [0.15, 0.2) is 12.2 Å². The molecule has 4 nitrogen and oxygen atoms in total. The van der Waals surface area contributed by atoms with E-state index in [9.17, 15) is 18.4 Å². The lowest BCUT2D eigenvalue weighted by atomic mass is 10.4. The summed E-state index contributed by atoms with van der Waals surface area (Å²) in [6, 6.07) is 0. The van der Waals surface area contributed by atoms with E-state index in [1.807, 2.05) is 0 Å². The van der Waals surface area contributed by atoms with Crippen LogP contribution in [0, 0.1) is 0 Å². The SMILES string of the molecule is C=C(C)COC(=O)CC(=O)OC(F)F. The van der Waals surface area contributed by atoms with Crippen LogP contribution >= 0.6 is 0 Å². The zero-order valence-corrected chi connectivity index (χ0v) is 7.59. The molecule has 0 aliphatic rings. The van der Waals surface area contributed by atoms with Crippen LogP contribution in [0.3, 0.4) is 0 Å². The van der Waals surface area contributed by atoms with Crippen molar-refractivity contribution >= 4 is 11.9 Å². The first-order valence-electron chi connectivity index (χ1n) is 3.69. The van der Waals surface area contributed by atoms with E-state index in [0.717, 1.165) is 0 Å². The molecule has 0 saturated carbocycles. The third-order valence-electron chi connectivity index (χ3n) is 0.989. The van der Waals surface area contributed by atoms with Crippen LogP contribution in [0.5, 0.6) is 0 Å². The Morgan fingerprint density at radius 3 is 2.36 bits per heavy atom. The van der Waals surface area contributed by atoms with Gasteiger partial charge in [0.05, 0.1) is 0 Å². The molecule has 0 heterocycles. The van der Waals surface area contributed by atoms with Gasteiger partial charge < -0.3 is 9.47 Å². The van der Waals surface area contributed by atoms with Crippen LogP contribution < -0.4 is 0 Å². The second-order valence-electron chi connectivity index (χ2n) is 2.55. The van der Waals surface area contributed by atoms with Crippen molar-refractivity contribution in [2.75, 3.05) is 6.61 Å². The van der Waals surface area contributed by atoms with Gasteiger partial charge in [0.25, 0.3) is 0 Å². The molecule has 0 rings (SSSR count). The van der Waals surface area contributed by atoms with Crippen molar-refractivity contribution in [3.63, 3.8) is 0 Å². The fourth-order valence-corrected chi connectivity index (χ4v) is 0.514. The van der Waals surface area contributed by atoms with E-state index < -0.39 is 25.0 Å². The van der Waals surface area contributed by atoms with Gasteiger partial charge in [-0.05, 0) is 12.5 Å². The van der Waals surface area contributed by atoms with E-state index in [-0.39, 0.29) is 6.61 Å². The van der Waals surface area contributed by atoms with Crippen molar-refractivity contribution in [2.45, 2.75) is 20.0 Å².